The third-order valence-corrected chi connectivity index (χ3v) is 6.74. The van der Waals surface area contributed by atoms with E-state index < -0.39 is 17.3 Å². The number of aliphatic hydroxyl groups excluding tert-OH is 1. The smallest absolute Gasteiger partial charge is 0.162 e. The predicted molar refractivity (Wildman–Crippen MR) is 114 cm³/mol. The third kappa shape index (κ3) is 5.08. The number of ketones is 1. The molecule has 2 aliphatic rings. The molecule has 162 valence electrons. The van der Waals surface area contributed by atoms with Crippen molar-refractivity contribution < 1.29 is 19.7 Å². The van der Waals surface area contributed by atoms with Gasteiger partial charge in [0.05, 0.1) is 17.8 Å². The van der Waals surface area contributed by atoms with E-state index in [0.29, 0.717) is 32.3 Å². The topological polar surface area (TPSA) is 70.0 Å². The van der Waals surface area contributed by atoms with Crippen LogP contribution in [0, 0.1) is 0 Å². The van der Waals surface area contributed by atoms with E-state index in [1.54, 1.807) is 6.92 Å². The normalized spacial score (nSPS) is 27.9. The van der Waals surface area contributed by atoms with Crippen molar-refractivity contribution in [2.24, 2.45) is 0 Å². The molecule has 3 rings (SSSR count). The molecule has 1 aromatic carbocycles. The fourth-order valence-corrected chi connectivity index (χ4v) is 4.58. The van der Waals surface area contributed by atoms with Crippen molar-refractivity contribution in [3.63, 3.8) is 0 Å². The molecule has 2 atom stereocenters. The van der Waals surface area contributed by atoms with Crippen LogP contribution in [-0.2, 0) is 10.2 Å². The first-order valence-corrected chi connectivity index (χ1v) is 10.9. The zero-order valence-electron chi connectivity index (χ0n) is 18.4. The van der Waals surface area contributed by atoms with Crippen molar-refractivity contribution in [2.75, 3.05) is 26.2 Å². The molecule has 2 fully saturated rings. The Kier molecular flexibility index (Phi) is 6.54. The molecule has 0 aromatic heterocycles. The van der Waals surface area contributed by atoms with Gasteiger partial charge in [0.15, 0.2) is 5.78 Å². The molecular weight excluding hydrogens is 366 g/mol. The number of piperidine rings is 1. The summed E-state index contributed by atoms with van der Waals surface area (Å²) in [4.78, 5) is 14.8. The highest BCUT2D eigenvalue weighted by atomic mass is 16.5. The summed E-state index contributed by atoms with van der Waals surface area (Å²) in [5, 5.41) is 21.0. The van der Waals surface area contributed by atoms with E-state index in [4.69, 9.17) is 4.74 Å². The fourth-order valence-electron chi connectivity index (χ4n) is 4.58. The average Bonchev–Trinajstić information content (AvgIpc) is 2.67. The van der Waals surface area contributed by atoms with Crippen LogP contribution in [0.5, 0.6) is 0 Å². The van der Waals surface area contributed by atoms with E-state index >= 15 is 0 Å². The van der Waals surface area contributed by atoms with E-state index in [1.807, 2.05) is 12.1 Å². The first kappa shape index (κ1) is 22.4. The van der Waals surface area contributed by atoms with Gasteiger partial charge in [0, 0.05) is 31.5 Å². The zero-order valence-corrected chi connectivity index (χ0v) is 18.4. The summed E-state index contributed by atoms with van der Waals surface area (Å²) >= 11 is 0. The number of Topliss-reactive ketones (excluding diaryl/α,β-unsaturated/α-hetero) is 1. The van der Waals surface area contributed by atoms with E-state index in [-0.39, 0.29) is 11.2 Å². The monoisotopic (exact) mass is 403 g/mol. The van der Waals surface area contributed by atoms with Gasteiger partial charge in [-0.3, -0.25) is 4.79 Å². The van der Waals surface area contributed by atoms with Crippen molar-refractivity contribution in [1.29, 1.82) is 0 Å². The second-order valence-corrected chi connectivity index (χ2v) is 10.1. The largest absolute Gasteiger partial charge is 0.387 e. The Morgan fingerprint density at radius 1 is 1.17 bits per heavy atom. The summed E-state index contributed by atoms with van der Waals surface area (Å²) in [6, 6.07) is 8.01. The number of rotatable bonds is 5. The third-order valence-electron chi connectivity index (χ3n) is 6.74. The number of hydrogen-bond acceptors (Lipinski definition) is 5. The molecule has 1 spiro atoms. The molecule has 2 N–H and O–H groups in total. The number of benzene rings is 1. The Hall–Kier alpha value is -1.27. The number of hydrogen-bond donors (Lipinski definition) is 2. The molecular formula is C24H37NO4. The average molecular weight is 404 g/mol. The molecule has 2 heterocycles. The van der Waals surface area contributed by atoms with Crippen LogP contribution >= 0.6 is 0 Å². The summed E-state index contributed by atoms with van der Waals surface area (Å²) in [7, 11) is 0. The summed E-state index contributed by atoms with van der Waals surface area (Å²) in [6.07, 6.45) is 2.43. The van der Waals surface area contributed by atoms with Crippen molar-refractivity contribution in [1.82, 2.24) is 4.90 Å². The fraction of sp³-hybridized carbons (Fsp3) is 0.708. The molecule has 2 aliphatic heterocycles. The molecule has 1 aromatic rings. The Morgan fingerprint density at radius 2 is 1.79 bits per heavy atom. The zero-order chi connectivity index (χ0) is 21.3. The minimum atomic E-state index is -1.07. The highest BCUT2D eigenvalue weighted by Gasteiger charge is 2.52. The van der Waals surface area contributed by atoms with Crippen LogP contribution < -0.4 is 0 Å². The molecule has 5 heteroatoms. The minimum absolute atomic E-state index is 0.0935. The molecule has 0 aliphatic carbocycles. The van der Waals surface area contributed by atoms with E-state index in [9.17, 15) is 15.0 Å². The van der Waals surface area contributed by atoms with Crippen LogP contribution in [0.3, 0.4) is 0 Å². The summed E-state index contributed by atoms with van der Waals surface area (Å²) in [5.74, 6) is 0.195. The van der Waals surface area contributed by atoms with Gasteiger partial charge < -0.3 is 19.8 Å². The first-order chi connectivity index (χ1) is 13.5. The van der Waals surface area contributed by atoms with Gasteiger partial charge in [0.2, 0.25) is 0 Å². The second kappa shape index (κ2) is 8.46. The lowest BCUT2D eigenvalue weighted by Crippen LogP contribution is -2.64. The standard InChI is InChI=1S/C24H37NO4/c1-22(2,3)19-9-7-18(8-10-19)20(26)6-5-14-25-15-11-24(12-16-25)21(27)23(4,28)13-17-29-24/h7-10,21,27-28H,5-6,11-17H2,1-4H3/t21-,23+/m0/s1. The second-order valence-electron chi connectivity index (χ2n) is 10.1. The summed E-state index contributed by atoms with van der Waals surface area (Å²) < 4.78 is 5.95. The minimum Gasteiger partial charge on any atom is -0.387 e. The number of likely N-dealkylation sites (tertiary alicyclic amines) is 1. The Bertz CT molecular complexity index is 697. The SMILES string of the molecule is CC(C)(C)c1ccc(C(=O)CCCN2CCC3(CC2)OCC[C@@](C)(O)[C@@H]3O)cc1. The van der Waals surface area contributed by atoms with E-state index in [0.717, 1.165) is 31.6 Å². The van der Waals surface area contributed by atoms with Crippen LogP contribution in [0.1, 0.15) is 75.7 Å². The van der Waals surface area contributed by atoms with Crippen molar-refractivity contribution >= 4 is 5.78 Å². The Balaban J connectivity index is 1.44. The quantitative estimate of drug-likeness (QED) is 0.738. The lowest BCUT2D eigenvalue weighted by atomic mass is 9.75. The van der Waals surface area contributed by atoms with Crippen LogP contribution in [-0.4, -0.2) is 64.4 Å². The van der Waals surface area contributed by atoms with E-state index in [2.05, 4.69) is 37.8 Å². The lowest BCUT2D eigenvalue weighted by molar-refractivity contribution is -0.246. The molecule has 29 heavy (non-hydrogen) atoms. The van der Waals surface area contributed by atoms with Crippen molar-refractivity contribution in [3.05, 3.63) is 35.4 Å². The summed E-state index contributed by atoms with van der Waals surface area (Å²) in [5.41, 5.74) is 0.424. The maximum atomic E-state index is 12.5. The van der Waals surface area contributed by atoms with Crippen molar-refractivity contribution in [2.45, 2.75) is 82.5 Å². The van der Waals surface area contributed by atoms with Crippen LogP contribution in [0.15, 0.2) is 24.3 Å². The van der Waals surface area contributed by atoms with Gasteiger partial charge in [-0.25, -0.2) is 0 Å². The Morgan fingerprint density at radius 3 is 2.38 bits per heavy atom. The van der Waals surface area contributed by atoms with Crippen LogP contribution in [0.4, 0.5) is 0 Å². The number of ether oxygens (including phenoxy) is 1. The number of aliphatic hydroxyl groups is 2. The maximum absolute atomic E-state index is 12.5. The van der Waals surface area contributed by atoms with Gasteiger partial charge in [0.25, 0.3) is 0 Å². The molecule has 0 radical (unpaired) electrons. The molecule has 0 unspecified atom stereocenters. The van der Waals surface area contributed by atoms with Crippen LogP contribution in [0.25, 0.3) is 0 Å². The van der Waals surface area contributed by atoms with Gasteiger partial charge in [-0.2, -0.15) is 0 Å². The maximum Gasteiger partial charge on any atom is 0.162 e. The Labute approximate surface area is 175 Å². The lowest BCUT2D eigenvalue weighted by Gasteiger charge is -2.51. The van der Waals surface area contributed by atoms with Gasteiger partial charge in [0.1, 0.15) is 6.10 Å². The molecule has 0 amide bonds. The number of carbonyl (C=O) groups is 1. The molecule has 0 saturated carbocycles. The van der Waals surface area contributed by atoms with Gasteiger partial charge in [-0.15, -0.1) is 0 Å². The van der Waals surface area contributed by atoms with E-state index in [1.165, 1.54) is 5.56 Å². The van der Waals surface area contributed by atoms with Gasteiger partial charge >= 0.3 is 0 Å². The van der Waals surface area contributed by atoms with Gasteiger partial charge in [-0.05, 0) is 43.7 Å². The van der Waals surface area contributed by atoms with Gasteiger partial charge in [-0.1, -0.05) is 45.0 Å². The molecule has 5 nitrogen and oxygen atoms in total. The number of nitrogens with zero attached hydrogens (tertiary/aromatic N) is 1. The van der Waals surface area contributed by atoms with Crippen molar-refractivity contribution in [3.8, 4) is 0 Å². The highest BCUT2D eigenvalue weighted by Crippen LogP contribution is 2.39. The molecule has 2 saturated heterocycles. The summed E-state index contributed by atoms with van der Waals surface area (Å²) in [6.45, 7) is 11.2. The first-order valence-electron chi connectivity index (χ1n) is 10.9. The van der Waals surface area contributed by atoms with Crippen LogP contribution in [0.2, 0.25) is 0 Å². The predicted octanol–water partition coefficient (Wildman–Crippen LogP) is 3.31. The number of carbonyl (C=O) groups excluding carboxylic acids is 1. The highest BCUT2D eigenvalue weighted by molar-refractivity contribution is 5.96. The molecule has 0 bridgehead atoms.